The van der Waals surface area contributed by atoms with Gasteiger partial charge in [-0.1, -0.05) is 30.3 Å². The molecule has 6 heteroatoms. The van der Waals surface area contributed by atoms with Crippen LogP contribution in [0.3, 0.4) is 0 Å². The predicted octanol–water partition coefficient (Wildman–Crippen LogP) is 2.93. The molecule has 5 nitrogen and oxygen atoms in total. The summed E-state index contributed by atoms with van der Waals surface area (Å²) in [6, 6.07) is 12.8. The third kappa shape index (κ3) is 5.54. The van der Waals surface area contributed by atoms with Crippen molar-refractivity contribution in [3.63, 3.8) is 0 Å². The summed E-state index contributed by atoms with van der Waals surface area (Å²) in [4.78, 5) is 26.7. The minimum atomic E-state index is -0.685. The van der Waals surface area contributed by atoms with Crippen molar-refractivity contribution in [1.29, 1.82) is 0 Å². The maximum atomic E-state index is 14.0. The number of ether oxygens (including phenoxy) is 1. The van der Waals surface area contributed by atoms with E-state index in [1.54, 1.807) is 32.2 Å². The number of carbonyl (C=O) groups excluding carboxylic acids is 2. The summed E-state index contributed by atoms with van der Waals surface area (Å²) in [6.45, 7) is 4.18. The Hall–Kier alpha value is -2.89. The number of nitrogens with one attached hydrogen (secondary N) is 1. The summed E-state index contributed by atoms with van der Waals surface area (Å²) < 4.78 is 19.2. The van der Waals surface area contributed by atoms with Crippen molar-refractivity contribution in [2.24, 2.45) is 0 Å². The highest BCUT2D eigenvalue weighted by Gasteiger charge is 2.26. The van der Waals surface area contributed by atoms with Crippen LogP contribution in [0, 0.1) is 5.82 Å². The van der Waals surface area contributed by atoms with E-state index in [0.717, 1.165) is 5.56 Å². The van der Waals surface area contributed by atoms with Gasteiger partial charge in [0, 0.05) is 13.1 Å². The zero-order valence-corrected chi connectivity index (χ0v) is 15.9. The fraction of sp³-hybridized carbons (Fsp3) is 0.333. The average molecular weight is 372 g/mol. The van der Waals surface area contributed by atoms with Crippen molar-refractivity contribution >= 4 is 11.8 Å². The molecule has 0 aliphatic rings. The van der Waals surface area contributed by atoms with Crippen LogP contribution >= 0.6 is 0 Å². The lowest BCUT2D eigenvalue weighted by atomic mass is 10.1. The fourth-order valence-corrected chi connectivity index (χ4v) is 2.78. The fourth-order valence-electron chi connectivity index (χ4n) is 2.78. The van der Waals surface area contributed by atoms with Crippen molar-refractivity contribution < 1.29 is 18.7 Å². The first-order valence-corrected chi connectivity index (χ1v) is 8.89. The molecule has 0 aliphatic carbocycles. The van der Waals surface area contributed by atoms with Crippen molar-refractivity contribution in [3.8, 4) is 5.75 Å². The quantitative estimate of drug-likeness (QED) is 0.775. The first kappa shape index (κ1) is 20.4. The molecule has 1 N–H and O–H groups in total. The molecule has 0 heterocycles. The summed E-state index contributed by atoms with van der Waals surface area (Å²) in [5.41, 5.74) is 1.13. The van der Waals surface area contributed by atoms with Crippen LogP contribution in [0.15, 0.2) is 48.5 Å². The standard InChI is InChI=1S/C21H25FN2O3/c1-4-23-21(26)15(2)24(14-16-8-7-10-18(12-16)27-3)20(25)13-17-9-5-6-11-19(17)22/h5-12,15H,4,13-14H2,1-3H3,(H,23,26). The van der Waals surface area contributed by atoms with Crippen LogP contribution < -0.4 is 10.1 Å². The van der Waals surface area contributed by atoms with E-state index >= 15 is 0 Å². The van der Waals surface area contributed by atoms with Gasteiger partial charge in [0.2, 0.25) is 11.8 Å². The highest BCUT2D eigenvalue weighted by Crippen LogP contribution is 2.17. The molecule has 2 amide bonds. The molecule has 2 aromatic carbocycles. The minimum Gasteiger partial charge on any atom is -0.497 e. The first-order chi connectivity index (χ1) is 13.0. The lowest BCUT2D eigenvalue weighted by molar-refractivity contribution is -0.140. The van der Waals surface area contributed by atoms with Crippen LogP contribution in [0.1, 0.15) is 25.0 Å². The van der Waals surface area contributed by atoms with E-state index in [1.165, 1.54) is 11.0 Å². The Kier molecular flexibility index (Phi) is 7.34. The summed E-state index contributed by atoms with van der Waals surface area (Å²) >= 11 is 0. The van der Waals surface area contributed by atoms with Gasteiger partial charge in [0.15, 0.2) is 0 Å². The van der Waals surface area contributed by atoms with Gasteiger partial charge in [0.05, 0.1) is 13.5 Å². The number of hydrogen-bond donors (Lipinski definition) is 1. The van der Waals surface area contributed by atoms with Gasteiger partial charge in [0.1, 0.15) is 17.6 Å². The van der Waals surface area contributed by atoms with Gasteiger partial charge in [-0.2, -0.15) is 0 Å². The van der Waals surface area contributed by atoms with Crippen molar-refractivity contribution in [3.05, 3.63) is 65.5 Å². The van der Waals surface area contributed by atoms with Gasteiger partial charge < -0.3 is 15.0 Å². The summed E-state index contributed by atoms with van der Waals surface area (Å²) in [5, 5.41) is 2.73. The number of halogens is 1. The topological polar surface area (TPSA) is 58.6 Å². The molecule has 1 atom stereocenters. The highest BCUT2D eigenvalue weighted by atomic mass is 19.1. The molecule has 0 saturated heterocycles. The Morgan fingerprint density at radius 1 is 1.19 bits per heavy atom. The SMILES string of the molecule is CCNC(=O)C(C)N(Cc1cccc(OC)c1)C(=O)Cc1ccccc1F. The smallest absolute Gasteiger partial charge is 0.242 e. The third-order valence-electron chi connectivity index (χ3n) is 4.30. The van der Waals surface area contributed by atoms with E-state index < -0.39 is 11.9 Å². The van der Waals surface area contributed by atoms with E-state index in [-0.39, 0.29) is 24.8 Å². The molecule has 0 spiro atoms. The second kappa shape index (κ2) is 9.71. The second-order valence-corrected chi connectivity index (χ2v) is 6.21. The van der Waals surface area contributed by atoms with Crippen molar-refractivity contribution in [2.75, 3.05) is 13.7 Å². The van der Waals surface area contributed by atoms with Crippen LogP contribution in [0.25, 0.3) is 0 Å². The Labute approximate surface area is 159 Å². The van der Waals surface area contributed by atoms with E-state index in [0.29, 0.717) is 17.9 Å². The Balaban J connectivity index is 2.26. The van der Waals surface area contributed by atoms with Crippen LogP contribution in [0.2, 0.25) is 0 Å². The lowest BCUT2D eigenvalue weighted by Crippen LogP contribution is -2.48. The van der Waals surface area contributed by atoms with Crippen molar-refractivity contribution in [1.82, 2.24) is 10.2 Å². The molecule has 0 saturated carbocycles. The molecule has 0 radical (unpaired) electrons. The van der Waals surface area contributed by atoms with Gasteiger partial charge in [-0.05, 0) is 43.2 Å². The van der Waals surface area contributed by atoms with Crippen molar-refractivity contribution in [2.45, 2.75) is 32.9 Å². The monoisotopic (exact) mass is 372 g/mol. The molecular formula is C21H25FN2O3. The predicted molar refractivity (Wildman–Crippen MR) is 102 cm³/mol. The molecule has 0 bridgehead atoms. The maximum absolute atomic E-state index is 14.0. The van der Waals surface area contributed by atoms with E-state index in [2.05, 4.69) is 5.32 Å². The number of carbonyl (C=O) groups is 2. The number of rotatable bonds is 8. The lowest BCUT2D eigenvalue weighted by Gasteiger charge is -2.29. The van der Waals surface area contributed by atoms with Crippen LogP contribution in [0.4, 0.5) is 4.39 Å². The van der Waals surface area contributed by atoms with Gasteiger partial charge in [-0.25, -0.2) is 4.39 Å². The number of benzene rings is 2. The van der Waals surface area contributed by atoms with E-state index in [9.17, 15) is 14.0 Å². The first-order valence-electron chi connectivity index (χ1n) is 8.89. The molecule has 2 aromatic rings. The van der Waals surface area contributed by atoms with Gasteiger partial charge in [0.25, 0.3) is 0 Å². The molecule has 0 fully saturated rings. The molecule has 0 aliphatic heterocycles. The molecule has 1 unspecified atom stereocenters. The molecule has 144 valence electrons. The molecule has 27 heavy (non-hydrogen) atoms. The summed E-state index contributed by atoms with van der Waals surface area (Å²) in [6.07, 6.45) is -0.111. The molecule has 0 aromatic heterocycles. The van der Waals surface area contributed by atoms with Crippen LogP contribution in [0.5, 0.6) is 5.75 Å². The van der Waals surface area contributed by atoms with Crippen LogP contribution in [-0.2, 0) is 22.6 Å². The minimum absolute atomic E-state index is 0.111. The average Bonchev–Trinajstić information content (AvgIpc) is 2.67. The van der Waals surface area contributed by atoms with Gasteiger partial charge >= 0.3 is 0 Å². The number of hydrogen-bond acceptors (Lipinski definition) is 3. The Bertz CT molecular complexity index is 795. The highest BCUT2D eigenvalue weighted by molar-refractivity contribution is 5.88. The second-order valence-electron chi connectivity index (χ2n) is 6.21. The number of methoxy groups -OCH3 is 1. The summed E-state index contributed by atoms with van der Waals surface area (Å²) in [5.74, 6) is -0.332. The van der Waals surface area contributed by atoms with E-state index in [4.69, 9.17) is 4.74 Å². The van der Waals surface area contributed by atoms with Gasteiger partial charge in [-0.3, -0.25) is 9.59 Å². The Morgan fingerprint density at radius 3 is 2.59 bits per heavy atom. The molecular weight excluding hydrogens is 347 g/mol. The molecule has 2 rings (SSSR count). The number of nitrogens with zero attached hydrogens (tertiary/aromatic N) is 1. The van der Waals surface area contributed by atoms with Gasteiger partial charge in [-0.15, -0.1) is 0 Å². The number of likely N-dealkylation sites (N-methyl/N-ethyl adjacent to an activating group) is 1. The Morgan fingerprint density at radius 2 is 1.93 bits per heavy atom. The zero-order valence-electron chi connectivity index (χ0n) is 15.9. The van der Waals surface area contributed by atoms with Crippen LogP contribution in [-0.4, -0.2) is 36.4 Å². The number of amides is 2. The third-order valence-corrected chi connectivity index (χ3v) is 4.30. The maximum Gasteiger partial charge on any atom is 0.242 e. The largest absolute Gasteiger partial charge is 0.497 e. The van der Waals surface area contributed by atoms with E-state index in [1.807, 2.05) is 31.2 Å². The normalized spacial score (nSPS) is 11.6. The summed E-state index contributed by atoms with van der Waals surface area (Å²) in [7, 11) is 1.57. The zero-order chi connectivity index (χ0) is 19.8.